The van der Waals surface area contributed by atoms with Gasteiger partial charge in [0.05, 0.1) is 11.7 Å². The van der Waals surface area contributed by atoms with E-state index in [9.17, 15) is 14.0 Å². The van der Waals surface area contributed by atoms with Crippen molar-refractivity contribution in [2.45, 2.75) is 50.7 Å². The summed E-state index contributed by atoms with van der Waals surface area (Å²) in [5, 5.41) is 2.46. The van der Waals surface area contributed by atoms with Gasteiger partial charge in [-0.05, 0) is 50.1 Å². The van der Waals surface area contributed by atoms with Gasteiger partial charge in [0.2, 0.25) is 11.8 Å². The summed E-state index contributed by atoms with van der Waals surface area (Å²) in [6.07, 6.45) is -1.08. The van der Waals surface area contributed by atoms with Crippen LogP contribution in [0.15, 0.2) is 42.5 Å². The van der Waals surface area contributed by atoms with E-state index >= 15 is 8.78 Å². The van der Waals surface area contributed by atoms with Crippen molar-refractivity contribution >= 4 is 29.1 Å². The molecule has 0 aromatic heterocycles. The van der Waals surface area contributed by atoms with Crippen LogP contribution in [-0.2, 0) is 21.9 Å². The van der Waals surface area contributed by atoms with Crippen LogP contribution in [0.25, 0.3) is 0 Å². The third-order valence-corrected chi connectivity index (χ3v) is 5.41. The zero-order chi connectivity index (χ0) is 22.9. The third-order valence-electron chi connectivity index (χ3n) is 5.18. The lowest BCUT2D eigenvalue weighted by Gasteiger charge is -2.29. The molecule has 2 atom stereocenters. The minimum atomic E-state index is -3.42. The Morgan fingerprint density at radius 1 is 1.29 bits per heavy atom. The molecule has 0 radical (unpaired) electrons. The van der Waals surface area contributed by atoms with Crippen molar-refractivity contribution in [1.29, 1.82) is 0 Å². The molecule has 3 rings (SSSR count). The number of carbonyl (C=O) groups excluding carboxylic acids is 2. The number of benzene rings is 2. The molecule has 31 heavy (non-hydrogen) atoms. The summed E-state index contributed by atoms with van der Waals surface area (Å²) in [5.74, 6) is -5.44. The van der Waals surface area contributed by atoms with E-state index in [2.05, 4.69) is 5.32 Å². The van der Waals surface area contributed by atoms with Crippen molar-refractivity contribution in [1.82, 2.24) is 5.32 Å². The number of amides is 2. The molecule has 1 aliphatic heterocycles. The molecule has 3 N–H and O–H groups in total. The first-order valence-electron chi connectivity index (χ1n) is 9.81. The first kappa shape index (κ1) is 23.1. The van der Waals surface area contributed by atoms with Gasteiger partial charge in [0.1, 0.15) is 11.9 Å². The summed E-state index contributed by atoms with van der Waals surface area (Å²) in [5.41, 5.74) is 5.76. The highest BCUT2D eigenvalue weighted by molar-refractivity contribution is 6.30. The van der Waals surface area contributed by atoms with Crippen molar-refractivity contribution in [3.63, 3.8) is 0 Å². The quantitative estimate of drug-likeness (QED) is 0.723. The minimum absolute atomic E-state index is 0.0433. The molecule has 1 unspecified atom stereocenters. The molecule has 0 saturated heterocycles. The second kappa shape index (κ2) is 8.88. The Morgan fingerprint density at radius 3 is 2.61 bits per heavy atom. The van der Waals surface area contributed by atoms with E-state index < -0.39 is 48.1 Å². The molecule has 0 spiro atoms. The summed E-state index contributed by atoms with van der Waals surface area (Å²) in [7, 11) is 0. The number of anilines is 1. The Labute approximate surface area is 183 Å². The molecular weight excluding hydrogens is 431 g/mol. The summed E-state index contributed by atoms with van der Waals surface area (Å²) in [6, 6.07) is 6.57. The van der Waals surface area contributed by atoms with Crippen molar-refractivity contribution in [2.24, 2.45) is 5.73 Å². The van der Waals surface area contributed by atoms with E-state index in [1.54, 1.807) is 19.9 Å². The number of rotatable bonds is 5. The summed E-state index contributed by atoms with van der Waals surface area (Å²) < 4.78 is 44.0. The van der Waals surface area contributed by atoms with Crippen molar-refractivity contribution in [3.8, 4) is 0 Å². The van der Waals surface area contributed by atoms with Gasteiger partial charge in [-0.3, -0.25) is 9.59 Å². The van der Waals surface area contributed by atoms with Crippen LogP contribution < -0.4 is 16.0 Å². The van der Waals surface area contributed by atoms with Crippen LogP contribution in [-0.4, -0.2) is 29.9 Å². The van der Waals surface area contributed by atoms with E-state index in [-0.39, 0.29) is 28.3 Å². The van der Waals surface area contributed by atoms with Gasteiger partial charge >= 0.3 is 0 Å². The van der Waals surface area contributed by atoms with Gasteiger partial charge in [-0.2, -0.15) is 0 Å². The largest absolute Gasteiger partial charge is 0.343 e. The predicted octanol–water partition coefficient (Wildman–Crippen LogP) is 3.77. The van der Waals surface area contributed by atoms with Gasteiger partial charge in [0.25, 0.3) is 5.92 Å². The summed E-state index contributed by atoms with van der Waals surface area (Å²) in [6.45, 7) is 3.37. The van der Waals surface area contributed by atoms with E-state index in [1.807, 2.05) is 0 Å². The van der Waals surface area contributed by atoms with Gasteiger partial charge in [-0.15, -0.1) is 0 Å². The van der Waals surface area contributed by atoms with Crippen LogP contribution in [0.4, 0.5) is 18.9 Å². The molecule has 2 amide bonds. The van der Waals surface area contributed by atoms with E-state index in [1.165, 1.54) is 35.2 Å². The Hall–Kier alpha value is -2.58. The van der Waals surface area contributed by atoms with Crippen LogP contribution in [0, 0.1) is 5.82 Å². The maximum Gasteiger partial charge on any atom is 0.277 e. The number of nitrogens with two attached hydrogens (primary N) is 1. The van der Waals surface area contributed by atoms with Gasteiger partial charge in [-0.25, -0.2) is 13.2 Å². The Kier molecular flexibility index (Phi) is 6.62. The SMILES string of the molecule is CC(C)N1C(=O)C(NC(=O)[C@H](N)Cc2ccccc2F)CC(F)(F)c2cc(Cl)ccc21. The van der Waals surface area contributed by atoms with Crippen LogP contribution in [0.5, 0.6) is 0 Å². The van der Waals surface area contributed by atoms with Crippen molar-refractivity contribution < 1.29 is 22.8 Å². The van der Waals surface area contributed by atoms with Crippen molar-refractivity contribution in [2.75, 3.05) is 4.90 Å². The first-order chi connectivity index (χ1) is 14.5. The zero-order valence-electron chi connectivity index (χ0n) is 17.0. The number of hydrogen-bond acceptors (Lipinski definition) is 3. The topological polar surface area (TPSA) is 75.4 Å². The molecule has 2 aromatic rings. The summed E-state index contributed by atoms with van der Waals surface area (Å²) in [4.78, 5) is 27.0. The Bertz CT molecular complexity index is 1000. The predicted molar refractivity (Wildman–Crippen MR) is 113 cm³/mol. The van der Waals surface area contributed by atoms with Crippen molar-refractivity contribution in [3.05, 3.63) is 64.4 Å². The van der Waals surface area contributed by atoms with E-state index in [4.69, 9.17) is 17.3 Å². The molecule has 1 heterocycles. The maximum absolute atomic E-state index is 15.1. The van der Waals surface area contributed by atoms with Crippen LogP contribution in [0.3, 0.4) is 0 Å². The highest BCUT2D eigenvalue weighted by Gasteiger charge is 2.46. The molecule has 0 bridgehead atoms. The molecule has 2 aromatic carbocycles. The average molecular weight is 454 g/mol. The number of nitrogens with one attached hydrogen (secondary N) is 1. The Balaban J connectivity index is 1.87. The molecule has 9 heteroatoms. The monoisotopic (exact) mass is 453 g/mol. The molecule has 0 saturated carbocycles. The second-order valence-electron chi connectivity index (χ2n) is 7.84. The molecule has 0 fully saturated rings. The van der Waals surface area contributed by atoms with Crippen LogP contribution in [0.1, 0.15) is 31.4 Å². The van der Waals surface area contributed by atoms with Gasteiger partial charge in [0, 0.05) is 23.0 Å². The number of fused-ring (bicyclic) bond motifs is 1. The number of hydrogen-bond donors (Lipinski definition) is 2. The standard InChI is InChI=1S/C22H23ClF3N3O2/c1-12(2)29-19-8-7-14(23)10-15(19)22(25,26)11-18(21(29)31)28-20(30)17(27)9-13-5-3-4-6-16(13)24/h3-8,10,12,17-18H,9,11,27H2,1-2H3,(H,28,30)/t17-,18?/m1/s1. The number of carbonyl (C=O) groups is 2. The smallest absolute Gasteiger partial charge is 0.277 e. The van der Waals surface area contributed by atoms with Gasteiger partial charge in [-0.1, -0.05) is 29.8 Å². The minimum Gasteiger partial charge on any atom is -0.343 e. The molecule has 166 valence electrons. The van der Waals surface area contributed by atoms with Crippen LogP contribution >= 0.6 is 11.6 Å². The maximum atomic E-state index is 15.1. The number of alkyl halides is 2. The summed E-state index contributed by atoms with van der Waals surface area (Å²) >= 11 is 5.92. The molecule has 0 aliphatic carbocycles. The fourth-order valence-corrected chi connectivity index (χ4v) is 3.84. The van der Waals surface area contributed by atoms with Crippen LogP contribution in [0.2, 0.25) is 5.02 Å². The molecular formula is C22H23ClF3N3O2. The average Bonchev–Trinajstić information content (AvgIpc) is 2.76. The van der Waals surface area contributed by atoms with E-state index in [0.29, 0.717) is 0 Å². The highest BCUT2D eigenvalue weighted by Crippen LogP contribution is 2.43. The van der Waals surface area contributed by atoms with E-state index in [0.717, 1.165) is 6.07 Å². The second-order valence-corrected chi connectivity index (χ2v) is 8.27. The third kappa shape index (κ3) is 4.85. The lowest BCUT2D eigenvalue weighted by Crippen LogP contribution is -2.54. The lowest BCUT2D eigenvalue weighted by molar-refractivity contribution is -0.130. The Morgan fingerprint density at radius 2 is 1.97 bits per heavy atom. The highest BCUT2D eigenvalue weighted by atomic mass is 35.5. The fourth-order valence-electron chi connectivity index (χ4n) is 3.67. The number of halogens is 4. The lowest BCUT2D eigenvalue weighted by atomic mass is 10.0. The normalized spacial score (nSPS) is 19.0. The fraction of sp³-hybridized carbons (Fsp3) is 0.364. The number of nitrogens with zero attached hydrogens (tertiary/aromatic N) is 1. The zero-order valence-corrected chi connectivity index (χ0v) is 17.8. The molecule has 1 aliphatic rings. The van der Waals surface area contributed by atoms with Gasteiger partial charge in [0.15, 0.2) is 0 Å². The van der Waals surface area contributed by atoms with Gasteiger partial charge < -0.3 is 16.0 Å². The molecule has 5 nitrogen and oxygen atoms in total. The first-order valence-corrected chi connectivity index (χ1v) is 10.2.